The average molecular weight is 333 g/mol. The number of rotatable bonds is 4. The van der Waals surface area contributed by atoms with Crippen molar-refractivity contribution in [2.24, 2.45) is 0 Å². The first-order valence-corrected chi connectivity index (χ1v) is 7.38. The lowest BCUT2D eigenvalue weighted by Crippen LogP contribution is -2.53. The van der Waals surface area contributed by atoms with Crippen LogP contribution in [-0.2, 0) is 11.2 Å². The van der Waals surface area contributed by atoms with Gasteiger partial charge in [-0.05, 0) is 24.4 Å². The molecule has 1 aliphatic heterocycles. The summed E-state index contributed by atoms with van der Waals surface area (Å²) in [6.45, 7) is 0. The minimum Gasteiger partial charge on any atom is -0.497 e. The molecule has 3 amide bonds. The summed E-state index contributed by atoms with van der Waals surface area (Å²) >= 11 is 5.29. The van der Waals surface area contributed by atoms with Crippen molar-refractivity contribution in [3.8, 4) is 11.4 Å². The molecule has 1 unspecified atom stereocenters. The van der Waals surface area contributed by atoms with Gasteiger partial charge in [-0.2, -0.15) is 5.10 Å². The molecule has 0 spiro atoms. The van der Waals surface area contributed by atoms with Crippen molar-refractivity contribution in [1.82, 2.24) is 25.4 Å². The normalized spacial score (nSPS) is 17.5. The Balaban J connectivity index is 1.91. The van der Waals surface area contributed by atoms with Crippen molar-refractivity contribution < 1.29 is 14.3 Å². The molecule has 1 aromatic carbocycles. The van der Waals surface area contributed by atoms with E-state index >= 15 is 0 Å². The molecular weight excluding hydrogens is 318 g/mol. The number of nitrogens with one attached hydrogen (secondary N) is 3. The van der Waals surface area contributed by atoms with E-state index in [-0.39, 0.29) is 18.4 Å². The number of benzene rings is 1. The molecule has 1 aliphatic rings. The van der Waals surface area contributed by atoms with Crippen molar-refractivity contribution in [3.63, 3.8) is 0 Å². The molecule has 8 nitrogen and oxygen atoms in total. The zero-order valence-corrected chi connectivity index (χ0v) is 13.1. The molecule has 1 fully saturated rings. The van der Waals surface area contributed by atoms with Gasteiger partial charge in [-0.15, -0.1) is 0 Å². The summed E-state index contributed by atoms with van der Waals surface area (Å²) < 4.78 is 7.41. The van der Waals surface area contributed by atoms with Crippen LogP contribution in [0.25, 0.3) is 5.69 Å². The molecule has 3 rings (SSSR count). The van der Waals surface area contributed by atoms with Gasteiger partial charge in [0.1, 0.15) is 11.6 Å². The fraction of sp³-hybridized carbons (Fsp3) is 0.286. The Morgan fingerprint density at radius 3 is 3.00 bits per heavy atom. The molecule has 1 saturated heterocycles. The smallest absolute Gasteiger partial charge is 0.321 e. The van der Waals surface area contributed by atoms with Gasteiger partial charge in [0.05, 0.1) is 12.8 Å². The van der Waals surface area contributed by atoms with E-state index in [1.54, 1.807) is 11.7 Å². The van der Waals surface area contributed by atoms with E-state index in [1.165, 1.54) is 0 Å². The van der Waals surface area contributed by atoms with Gasteiger partial charge in [-0.25, -0.2) is 4.79 Å². The second-order valence-corrected chi connectivity index (χ2v) is 5.50. The second-order valence-electron chi connectivity index (χ2n) is 5.11. The zero-order chi connectivity index (χ0) is 16.4. The Morgan fingerprint density at radius 1 is 1.43 bits per heavy atom. The number of nitrogens with zero attached hydrogens (tertiary/aromatic N) is 2. The number of carbonyl (C=O) groups is 2. The molecule has 0 radical (unpaired) electrons. The van der Waals surface area contributed by atoms with E-state index in [2.05, 4.69) is 20.8 Å². The van der Waals surface area contributed by atoms with Gasteiger partial charge in [0.15, 0.2) is 4.77 Å². The lowest BCUT2D eigenvalue weighted by molar-refractivity contribution is -0.121. The van der Waals surface area contributed by atoms with Gasteiger partial charge < -0.3 is 10.1 Å². The SMILES string of the molecule is COc1cccc(-n2c(CC3CC(=O)NC(=O)N3)n[nH]c2=S)c1. The number of hydrogen-bond acceptors (Lipinski definition) is 5. The molecule has 0 saturated carbocycles. The predicted octanol–water partition coefficient (Wildman–Crippen LogP) is 1.08. The van der Waals surface area contributed by atoms with Gasteiger partial charge >= 0.3 is 6.03 Å². The van der Waals surface area contributed by atoms with Gasteiger partial charge in [-0.1, -0.05) is 6.07 Å². The highest BCUT2D eigenvalue weighted by Crippen LogP contribution is 2.19. The average Bonchev–Trinajstić information content (AvgIpc) is 2.87. The third-order valence-electron chi connectivity index (χ3n) is 3.50. The lowest BCUT2D eigenvalue weighted by atomic mass is 10.1. The number of carbonyl (C=O) groups excluding carboxylic acids is 2. The molecule has 0 aliphatic carbocycles. The van der Waals surface area contributed by atoms with Crippen LogP contribution >= 0.6 is 12.2 Å². The van der Waals surface area contributed by atoms with Gasteiger partial charge in [0.2, 0.25) is 5.91 Å². The number of amides is 3. The number of H-pyrrole nitrogens is 1. The Hall–Kier alpha value is -2.68. The summed E-state index contributed by atoms with van der Waals surface area (Å²) in [5, 5.41) is 11.9. The largest absolute Gasteiger partial charge is 0.497 e. The van der Waals surface area contributed by atoms with E-state index in [0.717, 1.165) is 5.69 Å². The predicted molar refractivity (Wildman–Crippen MR) is 84.1 cm³/mol. The van der Waals surface area contributed by atoms with E-state index in [4.69, 9.17) is 17.0 Å². The minimum atomic E-state index is -0.492. The van der Waals surface area contributed by atoms with Crippen LogP contribution in [0, 0.1) is 4.77 Å². The molecule has 2 aromatic rings. The summed E-state index contributed by atoms with van der Waals surface area (Å²) in [5.74, 6) is 1.02. The molecule has 0 bridgehead atoms. The van der Waals surface area contributed by atoms with Crippen molar-refractivity contribution in [2.45, 2.75) is 18.9 Å². The van der Waals surface area contributed by atoms with Crippen LogP contribution in [0.15, 0.2) is 24.3 Å². The van der Waals surface area contributed by atoms with Gasteiger partial charge in [-0.3, -0.25) is 19.8 Å². The maximum Gasteiger partial charge on any atom is 0.321 e. The Labute approximate surface area is 136 Å². The number of methoxy groups -OCH3 is 1. The first-order chi connectivity index (χ1) is 11.1. The Morgan fingerprint density at radius 2 is 2.26 bits per heavy atom. The standard InChI is InChI=1S/C14H15N5O3S/c1-22-10-4-2-3-9(7-10)19-11(17-18-14(19)23)5-8-6-12(20)16-13(21)15-8/h2-4,7-8H,5-6H2,1H3,(H,18,23)(H2,15,16,20,21). The Kier molecular flexibility index (Phi) is 4.11. The third-order valence-corrected chi connectivity index (χ3v) is 3.78. The van der Waals surface area contributed by atoms with Crippen LogP contribution in [0.5, 0.6) is 5.75 Å². The molecule has 3 N–H and O–H groups in total. The van der Waals surface area contributed by atoms with Crippen molar-refractivity contribution >= 4 is 24.2 Å². The monoisotopic (exact) mass is 333 g/mol. The van der Waals surface area contributed by atoms with E-state index in [9.17, 15) is 9.59 Å². The summed E-state index contributed by atoms with van der Waals surface area (Å²) in [4.78, 5) is 22.9. The number of aromatic amines is 1. The van der Waals surface area contributed by atoms with E-state index < -0.39 is 6.03 Å². The summed E-state index contributed by atoms with van der Waals surface area (Å²) in [6, 6.07) is 6.57. The highest BCUT2D eigenvalue weighted by molar-refractivity contribution is 7.71. The maximum atomic E-state index is 11.5. The van der Waals surface area contributed by atoms with Gasteiger partial charge in [0.25, 0.3) is 0 Å². The fourth-order valence-corrected chi connectivity index (χ4v) is 2.76. The highest BCUT2D eigenvalue weighted by atomic mass is 32.1. The molecule has 23 heavy (non-hydrogen) atoms. The van der Waals surface area contributed by atoms with E-state index in [0.29, 0.717) is 22.8 Å². The quantitative estimate of drug-likeness (QED) is 0.727. The maximum absolute atomic E-state index is 11.5. The molecule has 1 atom stereocenters. The van der Waals surface area contributed by atoms with Crippen molar-refractivity contribution in [2.75, 3.05) is 7.11 Å². The fourth-order valence-electron chi connectivity index (χ4n) is 2.50. The topological polar surface area (TPSA) is 101 Å². The second kappa shape index (κ2) is 6.21. The summed E-state index contributed by atoms with van der Waals surface area (Å²) in [5.41, 5.74) is 0.796. The van der Waals surface area contributed by atoms with Crippen LogP contribution in [0.2, 0.25) is 0 Å². The molecule has 1 aromatic heterocycles. The van der Waals surface area contributed by atoms with Crippen LogP contribution in [0.1, 0.15) is 12.2 Å². The number of ether oxygens (including phenoxy) is 1. The zero-order valence-electron chi connectivity index (χ0n) is 12.3. The first kappa shape index (κ1) is 15.2. The Bertz CT molecular complexity index is 797. The van der Waals surface area contributed by atoms with Crippen LogP contribution < -0.4 is 15.4 Å². The number of imide groups is 1. The van der Waals surface area contributed by atoms with Gasteiger partial charge in [0, 0.05) is 24.9 Å². The number of urea groups is 1. The highest BCUT2D eigenvalue weighted by Gasteiger charge is 2.25. The molecule has 9 heteroatoms. The molecule has 120 valence electrons. The number of hydrogen-bond donors (Lipinski definition) is 3. The summed E-state index contributed by atoms with van der Waals surface area (Å²) in [6.07, 6.45) is 0.576. The first-order valence-electron chi connectivity index (χ1n) is 6.98. The molecular formula is C14H15N5O3S. The van der Waals surface area contributed by atoms with Crippen LogP contribution in [0.4, 0.5) is 4.79 Å². The van der Waals surface area contributed by atoms with E-state index in [1.807, 2.05) is 24.3 Å². The van der Waals surface area contributed by atoms with Crippen molar-refractivity contribution in [3.05, 3.63) is 34.9 Å². The van der Waals surface area contributed by atoms with Crippen LogP contribution in [-0.4, -0.2) is 39.9 Å². The number of aromatic nitrogens is 3. The molecule has 2 heterocycles. The van der Waals surface area contributed by atoms with Crippen molar-refractivity contribution in [1.29, 1.82) is 0 Å². The summed E-state index contributed by atoms with van der Waals surface area (Å²) in [7, 11) is 1.59. The lowest BCUT2D eigenvalue weighted by Gasteiger charge is -2.22. The third kappa shape index (κ3) is 3.24. The van der Waals surface area contributed by atoms with Crippen LogP contribution in [0.3, 0.4) is 0 Å². The minimum absolute atomic E-state index is 0.198.